The van der Waals surface area contributed by atoms with Gasteiger partial charge in [-0.25, -0.2) is 0 Å². The first kappa shape index (κ1) is 9.21. The minimum atomic E-state index is -0.257. The molecule has 10 heavy (non-hydrogen) atoms. The van der Waals surface area contributed by atoms with Gasteiger partial charge in [-0.15, -0.1) is 0 Å². The zero-order chi connectivity index (χ0) is 7.82. The third-order valence-corrected chi connectivity index (χ3v) is 1.21. The van der Waals surface area contributed by atoms with Crippen LogP contribution in [0.4, 0.5) is 0 Å². The molecule has 2 nitrogen and oxygen atoms in total. The van der Waals surface area contributed by atoms with Crippen LogP contribution in [0.2, 0.25) is 0 Å². The molecule has 0 saturated carbocycles. The third kappa shape index (κ3) is 7.21. The van der Waals surface area contributed by atoms with Crippen LogP contribution in [0.25, 0.3) is 0 Å². The maximum Gasteiger partial charge on any atom is 0.221 e. The SMILES string of the molecule is CCCC/C=C/CC(N)=O. The van der Waals surface area contributed by atoms with Crippen LogP contribution >= 0.6 is 0 Å². The van der Waals surface area contributed by atoms with Gasteiger partial charge in [0.25, 0.3) is 0 Å². The van der Waals surface area contributed by atoms with E-state index in [1.165, 1.54) is 12.8 Å². The Labute approximate surface area is 62.1 Å². The lowest BCUT2D eigenvalue weighted by molar-refractivity contribution is -0.117. The van der Waals surface area contributed by atoms with E-state index in [2.05, 4.69) is 6.92 Å². The van der Waals surface area contributed by atoms with Gasteiger partial charge in [0.2, 0.25) is 5.91 Å². The Hall–Kier alpha value is -0.790. The van der Waals surface area contributed by atoms with E-state index in [1.54, 1.807) is 0 Å². The summed E-state index contributed by atoms with van der Waals surface area (Å²) in [6, 6.07) is 0. The normalized spacial score (nSPS) is 10.5. The summed E-state index contributed by atoms with van der Waals surface area (Å²) < 4.78 is 0. The van der Waals surface area contributed by atoms with Gasteiger partial charge in [0.05, 0.1) is 0 Å². The largest absolute Gasteiger partial charge is 0.369 e. The van der Waals surface area contributed by atoms with Gasteiger partial charge in [-0.2, -0.15) is 0 Å². The molecular weight excluding hydrogens is 126 g/mol. The lowest BCUT2D eigenvalue weighted by Crippen LogP contribution is -2.07. The molecule has 0 heterocycles. The number of hydrogen-bond acceptors (Lipinski definition) is 1. The molecule has 2 heteroatoms. The molecular formula is C8H15NO. The van der Waals surface area contributed by atoms with Crippen molar-refractivity contribution in [2.45, 2.75) is 32.6 Å². The average Bonchev–Trinajstić information content (AvgIpc) is 1.87. The van der Waals surface area contributed by atoms with E-state index in [0.29, 0.717) is 6.42 Å². The zero-order valence-corrected chi connectivity index (χ0v) is 6.47. The Balaban J connectivity index is 3.12. The zero-order valence-electron chi connectivity index (χ0n) is 6.47. The fourth-order valence-corrected chi connectivity index (χ4v) is 0.639. The summed E-state index contributed by atoms with van der Waals surface area (Å²) in [5.41, 5.74) is 4.92. The molecule has 0 atom stereocenters. The van der Waals surface area contributed by atoms with Gasteiger partial charge < -0.3 is 5.73 Å². The van der Waals surface area contributed by atoms with Crippen LogP contribution in [0.3, 0.4) is 0 Å². The van der Waals surface area contributed by atoms with Crippen molar-refractivity contribution < 1.29 is 4.79 Å². The highest BCUT2D eigenvalue weighted by molar-refractivity contribution is 5.75. The van der Waals surface area contributed by atoms with Crippen LogP contribution < -0.4 is 5.73 Å². The molecule has 0 aromatic heterocycles. The Morgan fingerprint density at radius 2 is 2.20 bits per heavy atom. The Bertz CT molecular complexity index is 118. The number of carbonyl (C=O) groups excluding carboxylic acids is 1. The molecule has 0 rings (SSSR count). The van der Waals surface area contributed by atoms with Gasteiger partial charge >= 0.3 is 0 Å². The summed E-state index contributed by atoms with van der Waals surface area (Å²) in [5.74, 6) is -0.257. The van der Waals surface area contributed by atoms with Crippen molar-refractivity contribution in [3.63, 3.8) is 0 Å². The Morgan fingerprint density at radius 1 is 1.50 bits per heavy atom. The van der Waals surface area contributed by atoms with E-state index < -0.39 is 0 Å². The molecule has 58 valence electrons. The highest BCUT2D eigenvalue weighted by atomic mass is 16.1. The predicted molar refractivity (Wildman–Crippen MR) is 42.5 cm³/mol. The highest BCUT2D eigenvalue weighted by Crippen LogP contribution is 1.95. The average molecular weight is 141 g/mol. The van der Waals surface area contributed by atoms with Crippen LogP contribution in [0, 0.1) is 0 Å². The Kier molecular flexibility index (Phi) is 5.83. The molecule has 0 aromatic carbocycles. The molecule has 0 spiro atoms. The monoisotopic (exact) mass is 141 g/mol. The maximum atomic E-state index is 10.2. The van der Waals surface area contributed by atoms with Gasteiger partial charge in [-0.3, -0.25) is 4.79 Å². The second-order valence-corrected chi connectivity index (χ2v) is 2.28. The highest BCUT2D eigenvalue weighted by Gasteiger charge is 1.85. The minimum Gasteiger partial charge on any atom is -0.369 e. The van der Waals surface area contributed by atoms with Crippen molar-refractivity contribution in [2.75, 3.05) is 0 Å². The van der Waals surface area contributed by atoms with Gasteiger partial charge in [-0.05, 0) is 6.42 Å². The van der Waals surface area contributed by atoms with Crippen molar-refractivity contribution >= 4 is 5.91 Å². The first-order valence-electron chi connectivity index (χ1n) is 3.70. The molecule has 0 saturated heterocycles. The van der Waals surface area contributed by atoms with Gasteiger partial charge in [0, 0.05) is 6.42 Å². The Morgan fingerprint density at radius 3 is 2.70 bits per heavy atom. The number of nitrogens with two attached hydrogens (primary N) is 1. The van der Waals surface area contributed by atoms with Crippen LogP contribution in [0.1, 0.15) is 32.6 Å². The predicted octanol–water partition coefficient (Wildman–Crippen LogP) is 1.61. The van der Waals surface area contributed by atoms with E-state index in [0.717, 1.165) is 6.42 Å². The van der Waals surface area contributed by atoms with Crippen LogP contribution in [-0.2, 0) is 4.79 Å². The topological polar surface area (TPSA) is 43.1 Å². The van der Waals surface area contributed by atoms with Crippen LogP contribution in [0.5, 0.6) is 0 Å². The molecule has 0 unspecified atom stereocenters. The fraction of sp³-hybridized carbons (Fsp3) is 0.625. The molecule has 0 fully saturated rings. The summed E-state index contributed by atoms with van der Waals surface area (Å²) in [4.78, 5) is 10.2. The summed E-state index contributed by atoms with van der Waals surface area (Å²) in [6.07, 6.45) is 7.66. The second-order valence-electron chi connectivity index (χ2n) is 2.28. The van der Waals surface area contributed by atoms with Crippen molar-refractivity contribution in [2.24, 2.45) is 5.73 Å². The maximum absolute atomic E-state index is 10.2. The number of carbonyl (C=O) groups is 1. The van der Waals surface area contributed by atoms with Crippen molar-refractivity contribution in [1.82, 2.24) is 0 Å². The van der Waals surface area contributed by atoms with Gasteiger partial charge in [-0.1, -0.05) is 31.9 Å². The van der Waals surface area contributed by atoms with Crippen LogP contribution in [-0.4, -0.2) is 5.91 Å². The molecule has 0 aliphatic carbocycles. The molecule has 1 amide bonds. The molecule has 0 aromatic rings. The smallest absolute Gasteiger partial charge is 0.221 e. The van der Waals surface area contributed by atoms with E-state index in [4.69, 9.17) is 5.73 Å². The number of amides is 1. The second kappa shape index (κ2) is 6.33. The summed E-state index contributed by atoms with van der Waals surface area (Å²) >= 11 is 0. The van der Waals surface area contributed by atoms with Gasteiger partial charge in [0.1, 0.15) is 0 Å². The number of primary amides is 1. The van der Waals surface area contributed by atoms with E-state index in [9.17, 15) is 4.79 Å². The van der Waals surface area contributed by atoms with Gasteiger partial charge in [0.15, 0.2) is 0 Å². The number of hydrogen-bond donors (Lipinski definition) is 1. The van der Waals surface area contributed by atoms with Crippen molar-refractivity contribution in [3.05, 3.63) is 12.2 Å². The quantitative estimate of drug-likeness (QED) is 0.458. The van der Waals surface area contributed by atoms with E-state index in [-0.39, 0.29) is 5.91 Å². The molecule has 0 aliphatic heterocycles. The lowest BCUT2D eigenvalue weighted by Gasteiger charge is -1.87. The number of rotatable bonds is 5. The minimum absolute atomic E-state index is 0.257. The summed E-state index contributed by atoms with van der Waals surface area (Å²) in [6.45, 7) is 2.14. The van der Waals surface area contributed by atoms with E-state index in [1.807, 2.05) is 12.2 Å². The number of allylic oxidation sites excluding steroid dienone is 1. The summed E-state index contributed by atoms with van der Waals surface area (Å²) in [7, 11) is 0. The third-order valence-electron chi connectivity index (χ3n) is 1.21. The first-order valence-corrected chi connectivity index (χ1v) is 3.70. The first-order chi connectivity index (χ1) is 4.77. The van der Waals surface area contributed by atoms with E-state index >= 15 is 0 Å². The van der Waals surface area contributed by atoms with Crippen LogP contribution in [0.15, 0.2) is 12.2 Å². The fourth-order valence-electron chi connectivity index (χ4n) is 0.639. The lowest BCUT2D eigenvalue weighted by atomic mass is 10.2. The summed E-state index contributed by atoms with van der Waals surface area (Å²) in [5, 5.41) is 0. The molecule has 0 radical (unpaired) electrons. The molecule has 0 aliphatic rings. The van der Waals surface area contributed by atoms with Crippen molar-refractivity contribution in [1.29, 1.82) is 0 Å². The number of unbranched alkanes of at least 4 members (excludes halogenated alkanes) is 2. The standard InChI is InChI=1S/C8H15NO/c1-2-3-4-5-6-7-8(9)10/h5-6H,2-4,7H2,1H3,(H2,9,10)/b6-5+. The molecule has 0 bridgehead atoms. The van der Waals surface area contributed by atoms with Crippen molar-refractivity contribution in [3.8, 4) is 0 Å². The molecule has 2 N–H and O–H groups in total.